The lowest BCUT2D eigenvalue weighted by Crippen LogP contribution is -2.27. The summed E-state index contributed by atoms with van der Waals surface area (Å²) in [6.45, 7) is 1.82. The molecule has 0 aliphatic rings. The number of amides is 2. The fourth-order valence-electron chi connectivity index (χ4n) is 2.17. The number of likely N-dealkylation sites (N-methyl/N-ethyl adjacent to an activating group) is 1. The lowest BCUT2D eigenvalue weighted by atomic mass is 10.2. The highest BCUT2D eigenvalue weighted by atomic mass is 32.1. The van der Waals surface area contributed by atoms with E-state index in [0.717, 1.165) is 5.56 Å². The van der Waals surface area contributed by atoms with Crippen LogP contribution in [0.25, 0.3) is 0 Å². The van der Waals surface area contributed by atoms with Gasteiger partial charge in [0.1, 0.15) is 0 Å². The quantitative estimate of drug-likeness (QED) is 0.745. The molecule has 132 valence electrons. The Morgan fingerprint density at radius 2 is 1.56 bits per heavy atom. The van der Waals surface area contributed by atoms with E-state index in [9.17, 15) is 14.4 Å². The van der Waals surface area contributed by atoms with Crippen molar-refractivity contribution in [3.8, 4) is 0 Å². The van der Waals surface area contributed by atoms with Gasteiger partial charge in [0.15, 0.2) is 5.78 Å². The number of nitrogens with one attached hydrogen (secondary N) is 2. The highest BCUT2D eigenvalue weighted by Crippen LogP contribution is 2.17. The first-order valence-electron chi connectivity index (χ1n) is 7.76. The Kier molecular flexibility index (Phi) is 6.44. The van der Waals surface area contributed by atoms with Gasteiger partial charge in [0, 0.05) is 11.4 Å². The lowest BCUT2D eigenvalue weighted by Gasteiger charge is -2.10. The van der Waals surface area contributed by atoms with Crippen molar-refractivity contribution in [1.82, 2.24) is 4.90 Å². The van der Waals surface area contributed by atoms with Gasteiger partial charge in [-0.2, -0.15) is 0 Å². The number of carbonyl (C=O) groups excluding carboxylic acids is 3. The van der Waals surface area contributed by atoms with Gasteiger partial charge in [-0.05, 0) is 62.3 Å². The Morgan fingerprint density at radius 1 is 1.00 bits per heavy atom. The number of benzene rings is 1. The summed E-state index contributed by atoms with van der Waals surface area (Å²) in [4.78, 5) is 37.5. The second-order valence-corrected chi connectivity index (χ2v) is 6.87. The van der Waals surface area contributed by atoms with Gasteiger partial charge < -0.3 is 15.5 Å². The fourth-order valence-corrected chi connectivity index (χ4v) is 2.98. The van der Waals surface area contributed by atoms with E-state index >= 15 is 0 Å². The molecule has 0 aliphatic heterocycles. The summed E-state index contributed by atoms with van der Waals surface area (Å²) in [5.74, 6) is -0.249. The number of Topliss-reactive ketones (excluding diaryl/α,β-unsaturated/α-hetero) is 1. The molecule has 0 saturated carbocycles. The van der Waals surface area contributed by atoms with Crippen LogP contribution in [0.1, 0.15) is 22.2 Å². The third-order valence-corrected chi connectivity index (χ3v) is 4.36. The first-order chi connectivity index (χ1) is 11.8. The highest BCUT2D eigenvalue weighted by Gasteiger charge is 2.09. The van der Waals surface area contributed by atoms with E-state index < -0.39 is 0 Å². The SMILES string of the molecule is CC(=O)c1cc(CC(=O)Nc2ccc(NC(=O)CN(C)C)cc2)cs1. The van der Waals surface area contributed by atoms with Crippen molar-refractivity contribution in [2.24, 2.45) is 0 Å². The topological polar surface area (TPSA) is 78.5 Å². The normalized spacial score (nSPS) is 10.6. The highest BCUT2D eigenvalue weighted by molar-refractivity contribution is 7.12. The average molecular weight is 359 g/mol. The van der Waals surface area contributed by atoms with Crippen LogP contribution < -0.4 is 10.6 Å². The number of carbonyl (C=O) groups is 3. The van der Waals surface area contributed by atoms with E-state index in [0.29, 0.717) is 22.8 Å². The molecule has 2 rings (SSSR count). The summed E-state index contributed by atoms with van der Waals surface area (Å²) < 4.78 is 0. The maximum atomic E-state index is 12.1. The Bertz CT molecular complexity index is 766. The molecule has 25 heavy (non-hydrogen) atoms. The minimum absolute atomic E-state index is 0.00330. The third kappa shape index (κ3) is 6.13. The second-order valence-electron chi connectivity index (χ2n) is 5.96. The summed E-state index contributed by atoms with van der Waals surface area (Å²) in [6, 6.07) is 8.69. The molecule has 0 spiro atoms. The zero-order chi connectivity index (χ0) is 18.4. The largest absolute Gasteiger partial charge is 0.326 e. The average Bonchev–Trinajstić information content (AvgIpc) is 2.97. The van der Waals surface area contributed by atoms with Crippen LogP contribution in [0.3, 0.4) is 0 Å². The van der Waals surface area contributed by atoms with Crippen LogP contribution in [0.5, 0.6) is 0 Å². The molecular formula is C18H21N3O3S. The number of rotatable bonds is 7. The molecule has 0 unspecified atom stereocenters. The molecule has 0 atom stereocenters. The molecule has 1 aromatic carbocycles. The third-order valence-electron chi connectivity index (χ3n) is 3.28. The number of hydrogen-bond donors (Lipinski definition) is 2. The standard InChI is InChI=1S/C18H21N3O3S/c1-12(22)16-8-13(11-25-16)9-17(23)19-14-4-6-15(7-5-14)20-18(24)10-21(2)3/h4-8,11H,9-10H2,1-3H3,(H,19,23)(H,20,24). The summed E-state index contributed by atoms with van der Waals surface area (Å²) in [6.07, 6.45) is 0.213. The first-order valence-corrected chi connectivity index (χ1v) is 8.64. The van der Waals surface area contributed by atoms with Gasteiger partial charge in [0.05, 0.1) is 17.8 Å². The first kappa shape index (κ1) is 18.8. The Morgan fingerprint density at radius 3 is 2.04 bits per heavy atom. The fraction of sp³-hybridized carbons (Fsp3) is 0.278. The molecular weight excluding hydrogens is 338 g/mol. The van der Waals surface area contributed by atoms with E-state index in [2.05, 4.69) is 10.6 Å². The Labute approximate surface area is 150 Å². The monoisotopic (exact) mass is 359 g/mol. The molecule has 0 aliphatic carbocycles. The van der Waals surface area contributed by atoms with Crippen LogP contribution in [-0.2, 0) is 16.0 Å². The summed E-state index contributed by atoms with van der Waals surface area (Å²) in [5.41, 5.74) is 2.15. The van der Waals surface area contributed by atoms with Crippen LogP contribution in [0.15, 0.2) is 35.7 Å². The van der Waals surface area contributed by atoms with Crippen molar-refractivity contribution in [1.29, 1.82) is 0 Å². The number of anilines is 2. The molecule has 2 N–H and O–H groups in total. The van der Waals surface area contributed by atoms with Gasteiger partial charge in [0.2, 0.25) is 11.8 Å². The molecule has 0 saturated heterocycles. The maximum absolute atomic E-state index is 12.1. The van der Waals surface area contributed by atoms with Crippen LogP contribution >= 0.6 is 11.3 Å². The molecule has 0 radical (unpaired) electrons. The zero-order valence-corrected chi connectivity index (χ0v) is 15.3. The Balaban J connectivity index is 1.88. The van der Waals surface area contributed by atoms with Crippen molar-refractivity contribution < 1.29 is 14.4 Å². The van der Waals surface area contributed by atoms with Crippen LogP contribution in [0, 0.1) is 0 Å². The molecule has 6 nitrogen and oxygen atoms in total. The smallest absolute Gasteiger partial charge is 0.238 e. The minimum atomic E-state index is -0.155. The molecule has 0 fully saturated rings. The van der Waals surface area contributed by atoms with Gasteiger partial charge >= 0.3 is 0 Å². The van der Waals surface area contributed by atoms with Gasteiger partial charge in [-0.1, -0.05) is 0 Å². The van der Waals surface area contributed by atoms with E-state index in [4.69, 9.17) is 0 Å². The van der Waals surface area contributed by atoms with E-state index in [1.54, 1.807) is 35.2 Å². The number of ketones is 1. The lowest BCUT2D eigenvalue weighted by molar-refractivity contribution is -0.117. The summed E-state index contributed by atoms with van der Waals surface area (Å²) >= 11 is 1.34. The molecule has 1 heterocycles. The molecule has 1 aromatic heterocycles. The predicted molar refractivity (Wildman–Crippen MR) is 100 cm³/mol. The van der Waals surface area contributed by atoms with Crippen LogP contribution in [0.4, 0.5) is 11.4 Å². The van der Waals surface area contributed by atoms with Crippen LogP contribution in [0.2, 0.25) is 0 Å². The minimum Gasteiger partial charge on any atom is -0.326 e. The predicted octanol–water partition coefficient (Wildman–Crippen LogP) is 2.63. The molecule has 2 amide bonds. The zero-order valence-electron chi connectivity index (χ0n) is 14.5. The van der Waals surface area contributed by atoms with Gasteiger partial charge in [-0.25, -0.2) is 0 Å². The van der Waals surface area contributed by atoms with Crippen molar-refractivity contribution in [3.05, 3.63) is 46.2 Å². The maximum Gasteiger partial charge on any atom is 0.238 e. The van der Waals surface area contributed by atoms with Crippen molar-refractivity contribution >= 4 is 40.3 Å². The number of hydrogen-bond acceptors (Lipinski definition) is 5. The van der Waals surface area contributed by atoms with E-state index in [-0.39, 0.29) is 24.0 Å². The molecule has 0 bridgehead atoms. The van der Waals surface area contributed by atoms with Crippen molar-refractivity contribution in [2.45, 2.75) is 13.3 Å². The summed E-state index contributed by atoms with van der Waals surface area (Å²) in [7, 11) is 3.65. The van der Waals surface area contributed by atoms with E-state index in [1.807, 2.05) is 19.5 Å². The van der Waals surface area contributed by atoms with E-state index in [1.165, 1.54) is 18.3 Å². The Hall–Kier alpha value is -2.51. The van der Waals surface area contributed by atoms with Gasteiger partial charge in [0.25, 0.3) is 0 Å². The van der Waals surface area contributed by atoms with Gasteiger partial charge in [-0.3, -0.25) is 14.4 Å². The van der Waals surface area contributed by atoms with Crippen molar-refractivity contribution in [2.75, 3.05) is 31.3 Å². The number of nitrogens with zero attached hydrogens (tertiary/aromatic N) is 1. The van der Waals surface area contributed by atoms with Gasteiger partial charge in [-0.15, -0.1) is 11.3 Å². The molecule has 7 heteroatoms. The second kappa shape index (κ2) is 8.55. The molecule has 2 aromatic rings. The van der Waals surface area contributed by atoms with Crippen molar-refractivity contribution in [3.63, 3.8) is 0 Å². The van der Waals surface area contributed by atoms with Crippen LogP contribution in [-0.4, -0.2) is 43.1 Å². The summed E-state index contributed by atoms with van der Waals surface area (Å²) in [5, 5.41) is 7.40. The number of thiophene rings is 1.